The van der Waals surface area contributed by atoms with Gasteiger partial charge in [0.15, 0.2) is 0 Å². The molecule has 0 amide bonds. The molecule has 31 heavy (non-hydrogen) atoms. The highest BCUT2D eigenvalue weighted by atomic mass is 16.6. The molecule has 0 saturated heterocycles. The third-order valence-electron chi connectivity index (χ3n) is 5.06. The maximum absolute atomic E-state index is 10.4. The van der Waals surface area contributed by atoms with Crippen LogP contribution in [0.25, 0.3) is 0 Å². The molecule has 2 rings (SSSR count). The summed E-state index contributed by atoms with van der Waals surface area (Å²) >= 11 is 0. The van der Waals surface area contributed by atoms with Crippen molar-refractivity contribution >= 4 is 17.1 Å². The number of benzene rings is 2. The number of hydrogen-bond donors (Lipinski definition) is 1. The first-order valence-electron chi connectivity index (χ1n) is 9.48. The van der Waals surface area contributed by atoms with Gasteiger partial charge in [-0.3, -0.25) is 35.2 Å². The Morgan fingerprint density at radius 2 is 1.42 bits per heavy atom. The van der Waals surface area contributed by atoms with Gasteiger partial charge < -0.3 is 5.11 Å². The van der Waals surface area contributed by atoms with E-state index in [1.165, 1.54) is 24.8 Å². The zero-order chi connectivity index (χ0) is 23.8. The molecule has 1 atom stereocenters. The van der Waals surface area contributed by atoms with Crippen LogP contribution < -0.4 is 0 Å². The molecule has 0 aliphatic heterocycles. The SMILES string of the molecule is CCCCC(C)(c1ccccc1)N(C)C.O=[N+]([O-])c1cc([N+](=O)[O-])c(O)c([N+](=O)[O-])c1. The maximum Gasteiger partial charge on any atom is 0.324 e. The summed E-state index contributed by atoms with van der Waals surface area (Å²) < 4.78 is 0. The fourth-order valence-corrected chi connectivity index (χ4v) is 2.92. The van der Waals surface area contributed by atoms with E-state index in [-0.39, 0.29) is 5.54 Å². The zero-order valence-corrected chi connectivity index (χ0v) is 17.8. The minimum atomic E-state index is -1.21. The monoisotopic (exact) mass is 434 g/mol. The van der Waals surface area contributed by atoms with Gasteiger partial charge in [-0.2, -0.15) is 0 Å². The molecular weight excluding hydrogens is 408 g/mol. The van der Waals surface area contributed by atoms with Crippen LogP contribution in [0, 0.1) is 30.3 Å². The van der Waals surface area contributed by atoms with Gasteiger partial charge in [-0.15, -0.1) is 0 Å². The average molecular weight is 434 g/mol. The molecule has 0 radical (unpaired) electrons. The van der Waals surface area contributed by atoms with Crippen LogP contribution in [0.3, 0.4) is 0 Å². The fraction of sp³-hybridized carbons (Fsp3) is 0.400. The van der Waals surface area contributed by atoms with Gasteiger partial charge in [0, 0.05) is 5.54 Å². The highest BCUT2D eigenvalue weighted by Gasteiger charge is 2.30. The van der Waals surface area contributed by atoms with E-state index in [1.807, 2.05) is 0 Å². The smallest absolute Gasteiger partial charge is 0.324 e. The predicted molar refractivity (Wildman–Crippen MR) is 115 cm³/mol. The standard InChI is InChI=1S/C14H23N.C6H3N3O7/c1-5-6-12-14(2,15(3)4)13-10-8-7-9-11-13;10-6-4(8(13)14)1-3(7(11)12)2-5(6)9(15)16/h7-11H,5-6,12H2,1-4H3;1-2,10H. The normalized spacial score (nSPS) is 12.4. The summed E-state index contributed by atoms with van der Waals surface area (Å²) in [6.07, 6.45) is 3.76. The van der Waals surface area contributed by atoms with E-state index in [2.05, 4.69) is 63.2 Å². The Morgan fingerprint density at radius 3 is 1.77 bits per heavy atom. The van der Waals surface area contributed by atoms with Gasteiger partial charge in [-0.1, -0.05) is 50.1 Å². The summed E-state index contributed by atoms with van der Waals surface area (Å²) in [4.78, 5) is 30.1. The molecule has 168 valence electrons. The lowest BCUT2D eigenvalue weighted by Gasteiger charge is -2.37. The third-order valence-corrected chi connectivity index (χ3v) is 5.06. The highest BCUT2D eigenvalue weighted by molar-refractivity contribution is 5.64. The molecule has 0 bridgehead atoms. The van der Waals surface area contributed by atoms with Crippen molar-refractivity contribution in [3.63, 3.8) is 0 Å². The van der Waals surface area contributed by atoms with Crippen molar-refractivity contribution in [1.29, 1.82) is 0 Å². The Balaban J connectivity index is 0.000000311. The quantitative estimate of drug-likeness (QED) is 0.460. The van der Waals surface area contributed by atoms with Gasteiger partial charge >= 0.3 is 11.4 Å². The summed E-state index contributed by atoms with van der Waals surface area (Å²) in [6, 6.07) is 11.7. The number of phenolic OH excluding ortho intramolecular Hbond substituents is 1. The Bertz CT molecular complexity index is 899. The van der Waals surface area contributed by atoms with Crippen molar-refractivity contribution in [1.82, 2.24) is 4.90 Å². The van der Waals surface area contributed by atoms with E-state index in [9.17, 15) is 30.3 Å². The largest absolute Gasteiger partial charge is 0.497 e. The van der Waals surface area contributed by atoms with Gasteiger partial charge in [0.25, 0.3) is 11.4 Å². The van der Waals surface area contributed by atoms with E-state index in [1.54, 1.807) is 0 Å². The van der Waals surface area contributed by atoms with Crippen LogP contribution in [0.1, 0.15) is 38.7 Å². The first kappa shape index (κ1) is 25.4. The maximum atomic E-state index is 10.4. The number of hydrogen-bond acceptors (Lipinski definition) is 8. The molecule has 0 saturated carbocycles. The molecule has 0 aliphatic rings. The van der Waals surface area contributed by atoms with Crippen LogP contribution in [-0.2, 0) is 5.54 Å². The second kappa shape index (κ2) is 11.0. The Hall–Kier alpha value is -3.60. The van der Waals surface area contributed by atoms with E-state index in [4.69, 9.17) is 5.11 Å². The minimum absolute atomic E-state index is 0.178. The molecule has 11 heteroatoms. The average Bonchev–Trinajstić information content (AvgIpc) is 2.72. The van der Waals surface area contributed by atoms with Crippen LogP contribution in [0.4, 0.5) is 17.1 Å². The zero-order valence-electron chi connectivity index (χ0n) is 17.8. The van der Waals surface area contributed by atoms with Crippen LogP contribution >= 0.6 is 0 Å². The van der Waals surface area contributed by atoms with Gasteiger partial charge in [-0.05, 0) is 33.0 Å². The number of aromatic hydroxyl groups is 1. The lowest BCUT2D eigenvalue weighted by Crippen LogP contribution is -2.38. The third kappa shape index (κ3) is 6.44. The predicted octanol–water partition coefficient (Wildman–Crippen LogP) is 4.77. The van der Waals surface area contributed by atoms with Gasteiger partial charge in [0.1, 0.15) is 0 Å². The molecule has 2 aromatic carbocycles. The minimum Gasteiger partial charge on any atom is -0.497 e. The van der Waals surface area contributed by atoms with E-state index >= 15 is 0 Å². The molecule has 0 heterocycles. The highest BCUT2D eigenvalue weighted by Crippen LogP contribution is 2.39. The number of nitro benzene ring substituents is 3. The second-order valence-electron chi connectivity index (χ2n) is 7.24. The second-order valence-corrected chi connectivity index (χ2v) is 7.24. The Kier molecular flexibility index (Phi) is 9.00. The molecule has 0 spiro atoms. The van der Waals surface area contributed by atoms with E-state index < -0.39 is 37.6 Å². The molecule has 1 unspecified atom stereocenters. The molecule has 11 nitrogen and oxygen atoms in total. The summed E-state index contributed by atoms with van der Waals surface area (Å²) in [5, 5.41) is 40.2. The number of non-ortho nitro benzene ring substituents is 1. The molecule has 2 aromatic rings. The number of unbranched alkanes of at least 4 members (excludes halogenated alkanes) is 1. The van der Waals surface area contributed by atoms with Gasteiger partial charge in [0.2, 0.25) is 0 Å². The first-order valence-corrected chi connectivity index (χ1v) is 9.48. The fourth-order valence-electron chi connectivity index (χ4n) is 2.92. The van der Waals surface area contributed by atoms with E-state index in [0.29, 0.717) is 12.1 Å². The van der Waals surface area contributed by atoms with Crippen molar-refractivity contribution in [2.75, 3.05) is 14.1 Å². The lowest BCUT2D eigenvalue weighted by atomic mass is 9.86. The van der Waals surface area contributed by atoms with Crippen molar-refractivity contribution in [3.8, 4) is 5.75 Å². The van der Waals surface area contributed by atoms with E-state index in [0.717, 1.165) is 0 Å². The van der Waals surface area contributed by atoms with Gasteiger partial charge in [-0.25, -0.2) is 0 Å². The Morgan fingerprint density at radius 1 is 0.935 bits per heavy atom. The molecule has 0 aliphatic carbocycles. The first-order chi connectivity index (χ1) is 14.5. The summed E-state index contributed by atoms with van der Waals surface area (Å²) in [5.41, 5.74) is -1.40. The molecular formula is C20H26N4O7. The summed E-state index contributed by atoms with van der Waals surface area (Å²) in [5.74, 6) is -1.21. The van der Waals surface area contributed by atoms with Crippen molar-refractivity contribution in [3.05, 3.63) is 78.4 Å². The van der Waals surface area contributed by atoms with Crippen molar-refractivity contribution < 1.29 is 19.9 Å². The molecule has 0 fully saturated rings. The number of nitrogens with zero attached hydrogens (tertiary/aromatic N) is 4. The van der Waals surface area contributed by atoms with Crippen LogP contribution in [0.2, 0.25) is 0 Å². The summed E-state index contributed by atoms with van der Waals surface area (Å²) in [6.45, 7) is 4.58. The summed E-state index contributed by atoms with van der Waals surface area (Å²) in [7, 11) is 4.34. The number of phenols is 1. The van der Waals surface area contributed by atoms with Crippen LogP contribution in [0.5, 0.6) is 5.75 Å². The lowest BCUT2D eigenvalue weighted by molar-refractivity contribution is -0.404. The molecule has 0 aromatic heterocycles. The van der Waals surface area contributed by atoms with Crippen molar-refractivity contribution in [2.24, 2.45) is 0 Å². The van der Waals surface area contributed by atoms with Gasteiger partial charge in [0.05, 0.1) is 26.9 Å². The van der Waals surface area contributed by atoms with Crippen LogP contribution in [-0.4, -0.2) is 38.9 Å². The van der Waals surface area contributed by atoms with Crippen molar-refractivity contribution in [2.45, 2.75) is 38.6 Å². The Labute approximate surface area is 179 Å². The molecule has 1 N–H and O–H groups in total. The van der Waals surface area contributed by atoms with Crippen LogP contribution in [0.15, 0.2) is 42.5 Å². The number of nitro groups is 3. The topological polar surface area (TPSA) is 153 Å². The number of rotatable bonds is 8.